The number of para-hydroxylation sites is 1. The molecule has 190 valence electrons. The number of hydrogen-bond acceptors (Lipinski definition) is 5. The third-order valence-electron chi connectivity index (χ3n) is 6.05. The average Bonchev–Trinajstić information content (AvgIpc) is 2.89. The number of anilines is 1. The summed E-state index contributed by atoms with van der Waals surface area (Å²) in [5, 5.41) is 3.62. The van der Waals surface area contributed by atoms with Gasteiger partial charge in [0.25, 0.3) is 5.91 Å². The number of rotatable bonds is 6. The zero-order chi connectivity index (χ0) is 25.8. The second kappa shape index (κ2) is 10.6. The summed E-state index contributed by atoms with van der Waals surface area (Å²) in [6, 6.07) is 22.1. The van der Waals surface area contributed by atoms with Crippen molar-refractivity contribution in [3.05, 3.63) is 90.1 Å². The molecular formula is C28H24F3N3O3. The fourth-order valence-corrected chi connectivity index (χ4v) is 4.27. The van der Waals surface area contributed by atoms with Gasteiger partial charge in [-0.2, -0.15) is 0 Å². The van der Waals surface area contributed by atoms with Crippen molar-refractivity contribution in [3.63, 3.8) is 0 Å². The number of nitrogens with one attached hydrogen (secondary N) is 1. The van der Waals surface area contributed by atoms with Crippen LogP contribution in [0.1, 0.15) is 16.1 Å². The summed E-state index contributed by atoms with van der Waals surface area (Å²) >= 11 is 0. The quantitative estimate of drug-likeness (QED) is 0.353. The lowest BCUT2D eigenvalue weighted by Gasteiger charge is -2.26. The van der Waals surface area contributed by atoms with Crippen molar-refractivity contribution in [2.45, 2.75) is 12.9 Å². The molecule has 37 heavy (non-hydrogen) atoms. The molecule has 2 heterocycles. The fraction of sp³-hybridized carbons (Fsp3) is 0.214. The number of carbonyl (C=O) groups is 1. The number of benzene rings is 3. The summed E-state index contributed by atoms with van der Waals surface area (Å²) in [6.45, 7) is 4.09. The molecule has 1 aromatic heterocycles. The molecule has 0 atom stereocenters. The van der Waals surface area contributed by atoms with Crippen LogP contribution in [0, 0.1) is 0 Å². The van der Waals surface area contributed by atoms with E-state index in [1.807, 2.05) is 30.3 Å². The minimum atomic E-state index is -4.79. The van der Waals surface area contributed by atoms with Gasteiger partial charge in [0, 0.05) is 36.3 Å². The SMILES string of the molecule is O=C(Nc1ccc(CN2CCOCC2)cc1)c1ccc2cccc(-c3cccc(OC(F)(F)F)c3)c2n1. The Morgan fingerprint density at radius 2 is 1.73 bits per heavy atom. The van der Waals surface area contributed by atoms with Crippen LogP contribution in [-0.4, -0.2) is 48.5 Å². The number of fused-ring (bicyclic) bond motifs is 1. The van der Waals surface area contributed by atoms with Crippen LogP contribution >= 0.6 is 0 Å². The first-order valence-electron chi connectivity index (χ1n) is 11.8. The molecule has 9 heteroatoms. The monoisotopic (exact) mass is 507 g/mol. The smallest absolute Gasteiger partial charge is 0.406 e. The molecule has 1 saturated heterocycles. The summed E-state index contributed by atoms with van der Waals surface area (Å²) in [5.74, 6) is -0.709. The maximum Gasteiger partial charge on any atom is 0.573 e. The first kappa shape index (κ1) is 24.7. The topological polar surface area (TPSA) is 63.7 Å². The van der Waals surface area contributed by atoms with Crippen LogP contribution in [-0.2, 0) is 11.3 Å². The van der Waals surface area contributed by atoms with Gasteiger partial charge in [-0.15, -0.1) is 13.2 Å². The van der Waals surface area contributed by atoms with Crippen LogP contribution in [0.5, 0.6) is 5.75 Å². The van der Waals surface area contributed by atoms with E-state index in [1.54, 1.807) is 30.3 Å². The van der Waals surface area contributed by atoms with Gasteiger partial charge in [-0.1, -0.05) is 48.5 Å². The van der Waals surface area contributed by atoms with Crippen LogP contribution < -0.4 is 10.1 Å². The molecular weight excluding hydrogens is 483 g/mol. The van der Waals surface area contributed by atoms with Gasteiger partial charge in [-0.3, -0.25) is 9.69 Å². The van der Waals surface area contributed by atoms with Gasteiger partial charge in [-0.25, -0.2) is 4.98 Å². The second-order valence-electron chi connectivity index (χ2n) is 8.69. The minimum absolute atomic E-state index is 0.194. The second-order valence-corrected chi connectivity index (χ2v) is 8.69. The Balaban J connectivity index is 1.35. The number of carbonyl (C=O) groups excluding carboxylic acids is 1. The first-order chi connectivity index (χ1) is 17.8. The Hall–Kier alpha value is -3.95. The third kappa shape index (κ3) is 6.25. The van der Waals surface area contributed by atoms with E-state index in [-0.39, 0.29) is 17.4 Å². The number of alkyl halides is 3. The predicted molar refractivity (Wildman–Crippen MR) is 134 cm³/mol. The van der Waals surface area contributed by atoms with E-state index in [4.69, 9.17) is 4.74 Å². The minimum Gasteiger partial charge on any atom is -0.406 e. The Kier molecular flexibility index (Phi) is 7.07. The fourth-order valence-electron chi connectivity index (χ4n) is 4.27. The maximum absolute atomic E-state index is 13.0. The highest BCUT2D eigenvalue weighted by atomic mass is 19.4. The number of ether oxygens (including phenoxy) is 2. The highest BCUT2D eigenvalue weighted by Gasteiger charge is 2.31. The number of morpholine rings is 1. The van der Waals surface area contributed by atoms with Crippen LogP contribution in [0.2, 0.25) is 0 Å². The van der Waals surface area contributed by atoms with Crippen LogP contribution in [0.25, 0.3) is 22.0 Å². The summed E-state index contributed by atoms with van der Waals surface area (Å²) in [6.07, 6.45) is -4.79. The lowest BCUT2D eigenvalue weighted by atomic mass is 10.0. The normalized spacial score (nSPS) is 14.5. The lowest BCUT2D eigenvalue weighted by molar-refractivity contribution is -0.274. The van der Waals surface area contributed by atoms with Crippen molar-refractivity contribution in [2.24, 2.45) is 0 Å². The third-order valence-corrected chi connectivity index (χ3v) is 6.05. The number of pyridine rings is 1. The summed E-state index contributed by atoms with van der Waals surface area (Å²) in [4.78, 5) is 19.8. The molecule has 1 aliphatic heterocycles. The number of aromatic nitrogens is 1. The van der Waals surface area contributed by atoms with Crippen LogP contribution in [0.3, 0.4) is 0 Å². The molecule has 1 amide bonds. The molecule has 4 aromatic rings. The average molecular weight is 508 g/mol. The van der Waals surface area contributed by atoms with Gasteiger partial charge >= 0.3 is 6.36 Å². The first-order valence-corrected chi connectivity index (χ1v) is 11.8. The predicted octanol–water partition coefficient (Wildman–Crippen LogP) is 5.88. The van der Waals surface area contributed by atoms with Crippen molar-refractivity contribution in [1.82, 2.24) is 9.88 Å². The molecule has 3 aromatic carbocycles. The van der Waals surface area contributed by atoms with Crippen molar-refractivity contribution in [3.8, 4) is 16.9 Å². The molecule has 0 bridgehead atoms. The van der Waals surface area contributed by atoms with Gasteiger partial charge in [0.15, 0.2) is 0 Å². The summed E-state index contributed by atoms with van der Waals surface area (Å²) in [7, 11) is 0. The van der Waals surface area contributed by atoms with E-state index in [2.05, 4.69) is 19.9 Å². The number of halogens is 3. The van der Waals surface area contributed by atoms with Crippen LogP contribution in [0.4, 0.5) is 18.9 Å². The number of nitrogens with zero attached hydrogens (tertiary/aromatic N) is 2. The van der Waals surface area contributed by atoms with Gasteiger partial charge in [0.2, 0.25) is 0 Å². The Labute approximate surface area is 211 Å². The van der Waals surface area contributed by atoms with Crippen molar-refractivity contribution in [2.75, 3.05) is 31.6 Å². The highest BCUT2D eigenvalue weighted by Crippen LogP contribution is 2.32. The van der Waals surface area contributed by atoms with Gasteiger partial charge in [0.05, 0.1) is 18.7 Å². The van der Waals surface area contributed by atoms with Crippen LogP contribution in [0.15, 0.2) is 78.9 Å². The molecule has 0 saturated carbocycles. The molecule has 1 fully saturated rings. The highest BCUT2D eigenvalue weighted by molar-refractivity contribution is 6.05. The number of amides is 1. The van der Waals surface area contributed by atoms with Crippen molar-refractivity contribution < 1.29 is 27.4 Å². The Morgan fingerprint density at radius 1 is 0.973 bits per heavy atom. The zero-order valence-corrected chi connectivity index (χ0v) is 19.8. The van der Waals surface area contributed by atoms with E-state index < -0.39 is 6.36 Å². The van der Waals surface area contributed by atoms with Crippen molar-refractivity contribution >= 4 is 22.5 Å². The molecule has 1 aliphatic rings. The van der Waals surface area contributed by atoms with E-state index in [0.717, 1.165) is 43.8 Å². The molecule has 5 rings (SSSR count). The Bertz CT molecular complexity index is 1400. The molecule has 0 unspecified atom stereocenters. The van der Waals surface area contributed by atoms with Gasteiger partial charge in [0.1, 0.15) is 11.4 Å². The van der Waals surface area contributed by atoms with E-state index in [0.29, 0.717) is 22.3 Å². The lowest BCUT2D eigenvalue weighted by Crippen LogP contribution is -2.35. The van der Waals surface area contributed by atoms with Gasteiger partial charge in [-0.05, 0) is 41.5 Å². The van der Waals surface area contributed by atoms with Crippen molar-refractivity contribution in [1.29, 1.82) is 0 Å². The number of hydrogen-bond donors (Lipinski definition) is 1. The van der Waals surface area contributed by atoms with E-state index in [9.17, 15) is 18.0 Å². The summed E-state index contributed by atoms with van der Waals surface area (Å²) in [5.41, 5.74) is 3.56. The molecule has 0 aliphatic carbocycles. The Morgan fingerprint density at radius 3 is 2.49 bits per heavy atom. The van der Waals surface area contributed by atoms with Gasteiger partial charge < -0.3 is 14.8 Å². The maximum atomic E-state index is 13.0. The van der Waals surface area contributed by atoms with E-state index >= 15 is 0 Å². The molecule has 6 nitrogen and oxygen atoms in total. The summed E-state index contributed by atoms with van der Waals surface area (Å²) < 4.78 is 47.5. The molecule has 0 spiro atoms. The van der Waals surface area contributed by atoms with E-state index in [1.165, 1.54) is 18.2 Å². The molecule has 0 radical (unpaired) electrons. The largest absolute Gasteiger partial charge is 0.573 e. The molecule has 1 N–H and O–H groups in total. The zero-order valence-electron chi connectivity index (χ0n) is 19.8. The standard InChI is InChI=1S/C28H24F3N3O3/c29-28(30,31)37-23-5-1-4-21(17-23)24-6-2-3-20-9-12-25(33-26(20)24)27(35)32-22-10-7-19(8-11-22)18-34-13-15-36-16-14-34/h1-12,17H,13-16,18H2,(H,32,35).